The first kappa shape index (κ1) is 18.0. The van der Waals surface area contributed by atoms with E-state index in [1.807, 2.05) is 0 Å². The van der Waals surface area contributed by atoms with Gasteiger partial charge in [-0.1, -0.05) is 23.7 Å². The Morgan fingerprint density at radius 3 is 2.24 bits per heavy atom. The van der Waals surface area contributed by atoms with E-state index in [4.69, 9.17) is 11.6 Å². The molecule has 1 heterocycles. The molecule has 0 aliphatic heterocycles. The number of pyridine rings is 1. The molecule has 7 heteroatoms. The summed E-state index contributed by atoms with van der Waals surface area (Å²) in [6.45, 7) is 0. The van der Waals surface area contributed by atoms with E-state index in [1.165, 1.54) is 12.3 Å². The lowest BCUT2D eigenvalue weighted by molar-refractivity contribution is 0.151. The van der Waals surface area contributed by atoms with E-state index in [2.05, 4.69) is 4.98 Å². The topological polar surface area (TPSA) is 47.0 Å². The monoisotopic (exact) mass is 383 g/mol. The fraction of sp³-hybridized carbons (Fsp3) is 0.278. The van der Waals surface area contributed by atoms with Crippen LogP contribution in [0.1, 0.15) is 42.4 Å². The first-order valence-electron chi connectivity index (χ1n) is 7.74. The van der Waals surface area contributed by atoms with Gasteiger partial charge in [-0.15, -0.1) is 0 Å². The van der Waals surface area contributed by atoms with Crippen LogP contribution >= 0.6 is 11.6 Å². The summed E-state index contributed by atoms with van der Waals surface area (Å²) in [5.41, 5.74) is 3.25. The molecule has 0 amide bonds. The van der Waals surface area contributed by atoms with E-state index < -0.39 is 16.3 Å². The Kier molecular flexibility index (Phi) is 4.93. The molecule has 1 aromatic carbocycles. The number of benzene rings is 1. The molecular weight excluding hydrogens is 368 g/mol. The number of hydrogen-bond donors (Lipinski definition) is 0. The molecule has 1 aliphatic rings. The Morgan fingerprint density at radius 1 is 1.08 bits per heavy atom. The second-order valence-corrected chi connectivity index (χ2v) is 8.39. The lowest BCUT2D eigenvalue weighted by atomic mass is 9.97. The molecule has 0 N–H and O–H groups in total. The van der Waals surface area contributed by atoms with Crippen LogP contribution in [0.2, 0.25) is 5.15 Å². The summed E-state index contributed by atoms with van der Waals surface area (Å²) in [5.74, 6) is 0. The second-order valence-electron chi connectivity index (χ2n) is 6.01. The van der Waals surface area contributed by atoms with Gasteiger partial charge in [-0.3, -0.25) is 0 Å². The second kappa shape index (κ2) is 6.84. The molecule has 0 unspecified atom stereocenters. The first-order valence-corrected chi connectivity index (χ1v) is 10.0. The highest BCUT2D eigenvalue weighted by Gasteiger charge is 2.21. The van der Waals surface area contributed by atoms with E-state index in [0.29, 0.717) is 5.56 Å². The van der Waals surface area contributed by atoms with Crippen LogP contribution in [0.3, 0.4) is 0 Å². The van der Waals surface area contributed by atoms with E-state index >= 15 is 0 Å². The van der Waals surface area contributed by atoms with Gasteiger partial charge in [0.05, 0.1) is 10.5 Å². The minimum atomic E-state index is -3.25. The van der Waals surface area contributed by atoms with E-state index in [0.717, 1.165) is 42.2 Å². The smallest absolute Gasteiger partial charge is 0.243 e. The Hall–Kier alpha value is -1.79. The highest BCUT2D eigenvalue weighted by Crippen LogP contribution is 2.41. The molecule has 3 nitrogen and oxygen atoms in total. The van der Waals surface area contributed by atoms with Gasteiger partial charge < -0.3 is 0 Å². The van der Waals surface area contributed by atoms with Crippen LogP contribution in [0.4, 0.5) is 8.78 Å². The molecule has 2 aromatic rings. The zero-order chi connectivity index (χ0) is 18.2. The summed E-state index contributed by atoms with van der Waals surface area (Å²) >= 11 is 5.75. The van der Waals surface area contributed by atoms with Gasteiger partial charge in [0.15, 0.2) is 9.84 Å². The van der Waals surface area contributed by atoms with Crippen molar-refractivity contribution in [1.82, 2.24) is 4.98 Å². The number of aromatic nitrogens is 1. The average Bonchev–Trinajstić information content (AvgIpc) is 3.04. The van der Waals surface area contributed by atoms with Gasteiger partial charge in [-0.2, -0.15) is 0 Å². The van der Waals surface area contributed by atoms with Crippen LogP contribution in [0.15, 0.2) is 41.4 Å². The van der Waals surface area contributed by atoms with Crippen molar-refractivity contribution in [1.29, 1.82) is 0 Å². The zero-order valence-corrected chi connectivity index (χ0v) is 15.0. The summed E-state index contributed by atoms with van der Waals surface area (Å²) in [7, 11) is -3.25. The van der Waals surface area contributed by atoms with Crippen molar-refractivity contribution in [3.05, 3.63) is 58.4 Å². The summed E-state index contributed by atoms with van der Waals surface area (Å²) in [4.78, 5) is 4.15. The quantitative estimate of drug-likeness (QED) is 0.684. The molecule has 0 atom stereocenters. The minimum Gasteiger partial charge on any atom is -0.243 e. The lowest BCUT2D eigenvalue weighted by Crippen LogP contribution is -1.97. The number of rotatable bonds is 4. The van der Waals surface area contributed by atoms with Crippen molar-refractivity contribution in [3.8, 4) is 0 Å². The number of alkyl halides is 2. The highest BCUT2D eigenvalue weighted by molar-refractivity contribution is 7.90. The van der Waals surface area contributed by atoms with Crippen LogP contribution in [0, 0.1) is 0 Å². The molecule has 0 radical (unpaired) electrons. The van der Waals surface area contributed by atoms with Gasteiger partial charge in [0, 0.05) is 12.5 Å². The Labute approximate surface area is 150 Å². The maximum atomic E-state index is 13.1. The van der Waals surface area contributed by atoms with Crippen molar-refractivity contribution in [2.24, 2.45) is 0 Å². The lowest BCUT2D eigenvalue weighted by Gasteiger charge is -2.11. The number of nitrogens with zero attached hydrogens (tertiary/aromatic N) is 1. The first-order chi connectivity index (χ1) is 11.8. The molecule has 0 fully saturated rings. The van der Waals surface area contributed by atoms with E-state index in [1.54, 1.807) is 24.3 Å². The third-order valence-electron chi connectivity index (χ3n) is 4.30. The van der Waals surface area contributed by atoms with Gasteiger partial charge in [0.1, 0.15) is 5.15 Å². The van der Waals surface area contributed by atoms with Crippen LogP contribution in [0.5, 0.6) is 0 Å². The molecule has 0 bridgehead atoms. The van der Waals surface area contributed by atoms with Crippen molar-refractivity contribution < 1.29 is 17.2 Å². The van der Waals surface area contributed by atoms with Crippen LogP contribution < -0.4 is 0 Å². The SMILES string of the molecule is CS(=O)(=O)c1ccc(C2=C(c3cnc(Cl)c(C(F)F)c3)CCC2)cc1. The number of hydrogen-bond acceptors (Lipinski definition) is 3. The molecule has 1 aliphatic carbocycles. The van der Waals surface area contributed by atoms with Crippen molar-refractivity contribution in [3.63, 3.8) is 0 Å². The summed E-state index contributed by atoms with van der Waals surface area (Å²) in [6, 6.07) is 8.05. The molecule has 1 aromatic heterocycles. The molecule has 3 rings (SSSR count). The summed E-state index contributed by atoms with van der Waals surface area (Å²) < 4.78 is 49.3. The van der Waals surface area contributed by atoms with Crippen molar-refractivity contribution in [2.75, 3.05) is 6.26 Å². The zero-order valence-electron chi connectivity index (χ0n) is 13.5. The van der Waals surface area contributed by atoms with Gasteiger partial charge in [-0.05, 0) is 59.7 Å². The Balaban J connectivity index is 2.05. The third kappa shape index (κ3) is 3.75. The van der Waals surface area contributed by atoms with Crippen molar-refractivity contribution >= 4 is 32.6 Å². The minimum absolute atomic E-state index is 0.184. The van der Waals surface area contributed by atoms with Crippen LogP contribution in [-0.2, 0) is 9.84 Å². The maximum absolute atomic E-state index is 13.1. The summed E-state index contributed by atoms with van der Waals surface area (Å²) in [6.07, 6.45) is 2.47. The molecule has 0 saturated heterocycles. The molecule has 25 heavy (non-hydrogen) atoms. The number of sulfone groups is 1. The third-order valence-corrected chi connectivity index (χ3v) is 5.74. The van der Waals surface area contributed by atoms with Gasteiger partial charge in [-0.25, -0.2) is 22.2 Å². The predicted molar refractivity (Wildman–Crippen MR) is 94.4 cm³/mol. The molecule has 0 saturated carbocycles. The number of halogens is 3. The largest absolute Gasteiger partial charge is 0.266 e. The van der Waals surface area contributed by atoms with E-state index in [9.17, 15) is 17.2 Å². The predicted octanol–water partition coefficient (Wildman–Crippen LogP) is 5.17. The average molecular weight is 384 g/mol. The van der Waals surface area contributed by atoms with Gasteiger partial charge in [0.2, 0.25) is 0 Å². The highest BCUT2D eigenvalue weighted by atomic mass is 35.5. The van der Waals surface area contributed by atoms with E-state index in [-0.39, 0.29) is 15.6 Å². The van der Waals surface area contributed by atoms with Crippen LogP contribution in [0.25, 0.3) is 11.1 Å². The van der Waals surface area contributed by atoms with Crippen LogP contribution in [-0.4, -0.2) is 19.7 Å². The van der Waals surface area contributed by atoms with Gasteiger partial charge >= 0.3 is 0 Å². The Morgan fingerprint density at radius 2 is 1.68 bits per heavy atom. The standard InChI is InChI=1S/C18H16ClF2NO2S/c1-25(23,24)13-7-5-11(6-8-13)14-3-2-4-15(14)12-9-16(18(20)21)17(19)22-10-12/h5-10,18H,2-4H2,1H3. The molecule has 0 spiro atoms. The van der Waals surface area contributed by atoms with Crippen molar-refractivity contribution in [2.45, 2.75) is 30.6 Å². The fourth-order valence-electron chi connectivity index (χ4n) is 3.07. The Bertz CT molecular complexity index is 938. The normalized spacial score (nSPS) is 15.2. The molecular formula is C18H16ClF2NO2S. The fourth-order valence-corrected chi connectivity index (χ4v) is 3.88. The maximum Gasteiger partial charge on any atom is 0.266 e. The summed E-state index contributed by atoms with van der Waals surface area (Å²) in [5, 5.41) is -0.184. The molecule has 132 valence electrons. The number of allylic oxidation sites excluding steroid dienone is 2. The van der Waals surface area contributed by atoms with Gasteiger partial charge in [0.25, 0.3) is 6.43 Å².